The highest BCUT2D eigenvalue weighted by molar-refractivity contribution is 8.00. The van der Waals surface area contributed by atoms with E-state index in [1.54, 1.807) is 47.5 Å². The van der Waals surface area contributed by atoms with Crippen molar-refractivity contribution in [3.8, 4) is 5.75 Å². The van der Waals surface area contributed by atoms with Crippen LogP contribution in [0.25, 0.3) is 10.2 Å². The predicted octanol–water partition coefficient (Wildman–Crippen LogP) is 7.35. The van der Waals surface area contributed by atoms with Crippen LogP contribution in [-0.4, -0.2) is 16.3 Å². The zero-order chi connectivity index (χ0) is 19.5. The van der Waals surface area contributed by atoms with Crippen LogP contribution in [0, 0.1) is 0 Å². The summed E-state index contributed by atoms with van der Waals surface area (Å²) in [5.74, 6) is 0.917. The summed E-state index contributed by atoms with van der Waals surface area (Å²) in [6.07, 6.45) is 1.66. The van der Waals surface area contributed by atoms with Crippen LogP contribution in [-0.2, 0) is 5.75 Å². The summed E-state index contributed by atoms with van der Waals surface area (Å²) in [6.45, 7) is 0. The lowest BCUT2D eigenvalue weighted by molar-refractivity contribution is 0.474. The van der Waals surface area contributed by atoms with Gasteiger partial charge in [0, 0.05) is 27.6 Å². The highest BCUT2D eigenvalue weighted by Gasteiger charge is 2.08. The third-order valence-electron chi connectivity index (χ3n) is 4.00. The smallest absolute Gasteiger partial charge is 0.151 e. The molecule has 1 aromatic heterocycles. The Balaban J connectivity index is 1.52. The second-order valence-corrected chi connectivity index (χ2v) is 9.07. The number of aromatic hydroxyl groups is 1. The normalized spacial score (nSPS) is 11.5. The van der Waals surface area contributed by atoms with Crippen LogP contribution in [0.3, 0.4) is 0 Å². The topological polar surface area (TPSA) is 45.5 Å². The van der Waals surface area contributed by atoms with Crippen molar-refractivity contribution >= 4 is 68.4 Å². The molecule has 0 saturated heterocycles. The Labute approximate surface area is 180 Å². The number of aromatic nitrogens is 1. The van der Waals surface area contributed by atoms with Gasteiger partial charge in [0.05, 0.1) is 15.9 Å². The van der Waals surface area contributed by atoms with Gasteiger partial charge in [-0.25, -0.2) is 4.98 Å². The molecular formula is C21H14Cl2N2OS2. The van der Waals surface area contributed by atoms with Crippen molar-refractivity contribution in [1.82, 2.24) is 4.98 Å². The summed E-state index contributed by atoms with van der Waals surface area (Å²) in [4.78, 5) is 9.13. The monoisotopic (exact) mass is 444 g/mol. The number of halogens is 2. The Hall–Kier alpha value is -2.05. The minimum atomic E-state index is 0.212. The Kier molecular flexibility index (Phi) is 5.87. The minimum absolute atomic E-state index is 0.212. The number of thioether (sulfide) groups is 1. The van der Waals surface area contributed by atoms with Gasteiger partial charge in [0.25, 0.3) is 0 Å². The van der Waals surface area contributed by atoms with E-state index < -0.39 is 0 Å². The maximum atomic E-state index is 9.83. The molecule has 4 aromatic rings. The van der Waals surface area contributed by atoms with Gasteiger partial charge in [0.1, 0.15) is 5.75 Å². The van der Waals surface area contributed by atoms with Crippen molar-refractivity contribution in [3.05, 3.63) is 81.8 Å². The zero-order valence-electron chi connectivity index (χ0n) is 14.5. The first kappa shape index (κ1) is 19.3. The SMILES string of the molecule is Oc1ccccc1C=Nc1ccc2nc(SCc3cc(Cl)ccc3Cl)sc2c1. The lowest BCUT2D eigenvalue weighted by Crippen LogP contribution is -1.82. The van der Waals surface area contributed by atoms with Gasteiger partial charge in [-0.15, -0.1) is 11.3 Å². The average Bonchev–Trinajstić information content (AvgIpc) is 3.10. The summed E-state index contributed by atoms with van der Waals surface area (Å²) in [6, 6.07) is 18.5. The molecule has 4 rings (SSSR count). The molecular weight excluding hydrogens is 431 g/mol. The van der Waals surface area contributed by atoms with Crippen LogP contribution in [0.15, 0.2) is 70.0 Å². The van der Waals surface area contributed by atoms with E-state index in [1.807, 2.05) is 42.5 Å². The highest BCUT2D eigenvalue weighted by atomic mass is 35.5. The van der Waals surface area contributed by atoms with Gasteiger partial charge < -0.3 is 5.11 Å². The lowest BCUT2D eigenvalue weighted by atomic mass is 10.2. The van der Waals surface area contributed by atoms with E-state index in [4.69, 9.17) is 23.2 Å². The number of hydrogen-bond donors (Lipinski definition) is 1. The molecule has 0 amide bonds. The molecule has 0 spiro atoms. The summed E-state index contributed by atoms with van der Waals surface area (Å²) in [7, 11) is 0. The third-order valence-corrected chi connectivity index (χ3v) is 6.81. The van der Waals surface area contributed by atoms with Crippen molar-refractivity contribution in [2.45, 2.75) is 10.1 Å². The zero-order valence-corrected chi connectivity index (χ0v) is 17.6. The number of benzene rings is 3. The van der Waals surface area contributed by atoms with Crippen molar-refractivity contribution in [2.24, 2.45) is 4.99 Å². The van der Waals surface area contributed by atoms with E-state index in [0.717, 1.165) is 25.8 Å². The molecule has 0 aliphatic heterocycles. The van der Waals surface area contributed by atoms with Gasteiger partial charge >= 0.3 is 0 Å². The maximum Gasteiger partial charge on any atom is 0.151 e. The van der Waals surface area contributed by atoms with Crippen LogP contribution >= 0.6 is 46.3 Å². The van der Waals surface area contributed by atoms with Crippen LogP contribution < -0.4 is 0 Å². The minimum Gasteiger partial charge on any atom is -0.507 e. The average molecular weight is 445 g/mol. The molecule has 0 fully saturated rings. The van der Waals surface area contributed by atoms with Gasteiger partial charge in [-0.3, -0.25) is 4.99 Å². The maximum absolute atomic E-state index is 9.83. The molecule has 0 radical (unpaired) electrons. The molecule has 0 aliphatic carbocycles. The fourth-order valence-electron chi connectivity index (χ4n) is 2.57. The number of para-hydroxylation sites is 1. The largest absolute Gasteiger partial charge is 0.507 e. The molecule has 0 saturated carbocycles. The first-order valence-electron chi connectivity index (χ1n) is 8.38. The van der Waals surface area contributed by atoms with E-state index in [9.17, 15) is 5.11 Å². The van der Waals surface area contributed by atoms with Crippen LogP contribution in [0.2, 0.25) is 10.0 Å². The summed E-state index contributed by atoms with van der Waals surface area (Å²) < 4.78 is 2.03. The van der Waals surface area contributed by atoms with E-state index in [-0.39, 0.29) is 5.75 Å². The van der Waals surface area contributed by atoms with E-state index in [0.29, 0.717) is 21.4 Å². The van der Waals surface area contributed by atoms with Gasteiger partial charge in [-0.1, -0.05) is 47.1 Å². The molecule has 3 nitrogen and oxygen atoms in total. The molecule has 140 valence electrons. The quantitative estimate of drug-likeness (QED) is 0.258. The second kappa shape index (κ2) is 8.53. The van der Waals surface area contributed by atoms with E-state index in [2.05, 4.69) is 9.98 Å². The van der Waals surface area contributed by atoms with Gasteiger partial charge in [-0.2, -0.15) is 0 Å². The highest BCUT2D eigenvalue weighted by Crippen LogP contribution is 2.35. The molecule has 1 N–H and O–H groups in total. The number of rotatable bonds is 5. The standard InChI is InChI=1S/C21H14Cl2N2OS2/c22-15-5-7-17(23)14(9-15)12-27-21-25-18-8-6-16(10-20(18)28-21)24-11-13-3-1-2-4-19(13)26/h1-11,26H,12H2. The van der Waals surface area contributed by atoms with Crippen LogP contribution in [0.1, 0.15) is 11.1 Å². The molecule has 0 aliphatic rings. The molecule has 7 heteroatoms. The van der Waals surface area contributed by atoms with Crippen LogP contribution in [0.4, 0.5) is 5.69 Å². The molecule has 0 unspecified atom stereocenters. The first-order chi connectivity index (χ1) is 13.6. The number of fused-ring (bicyclic) bond motifs is 1. The lowest BCUT2D eigenvalue weighted by Gasteiger charge is -2.02. The van der Waals surface area contributed by atoms with Crippen LogP contribution in [0.5, 0.6) is 5.75 Å². The fourth-order valence-corrected chi connectivity index (χ4v) is 5.12. The Morgan fingerprint density at radius 2 is 1.93 bits per heavy atom. The number of nitrogens with zero attached hydrogens (tertiary/aromatic N) is 2. The van der Waals surface area contributed by atoms with Gasteiger partial charge in [-0.05, 0) is 54.1 Å². The van der Waals surface area contributed by atoms with E-state index in [1.165, 1.54) is 0 Å². The molecule has 28 heavy (non-hydrogen) atoms. The Morgan fingerprint density at radius 1 is 1.07 bits per heavy atom. The number of phenols is 1. The Bertz CT molecular complexity index is 1170. The number of aliphatic imine (C=N–C) groups is 1. The van der Waals surface area contributed by atoms with E-state index >= 15 is 0 Å². The van der Waals surface area contributed by atoms with Crippen molar-refractivity contribution in [1.29, 1.82) is 0 Å². The number of phenolic OH excluding ortho intramolecular Hbond substituents is 1. The summed E-state index contributed by atoms with van der Waals surface area (Å²) >= 11 is 15.5. The predicted molar refractivity (Wildman–Crippen MR) is 121 cm³/mol. The summed E-state index contributed by atoms with van der Waals surface area (Å²) in [5, 5.41) is 11.2. The van der Waals surface area contributed by atoms with Gasteiger partial charge in [0.15, 0.2) is 4.34 Å². The summed E-state index contributed by atoms with van der Waals surface area (Å²) in [5.41, 5.74) is 3.42. The van der Waals surface area contributed by atoms with Crippen molar-refractivity contribution in [3.63, 3.8) is 0 Å². The van der Waals surface area contributed by atoms with Gasteiger partial charge in [0.2, 0.25) is 0 Å². The second-order valence-electron chi connectivity index (χ2n) is 5.97. The number of thiazole rings is 1. The molecule has 0 atom stereocenters. The molecule has 0 bridgehead atoms. The molecule has 3 aromatic carbocycles. The van der Waals surface area contributed by atoms with Crippen molar-refractivity contribution < 1.29 is 5.11 Å². The first-order valence-corrected chi connectivity index (χ1v) is 10.9. The third kappa shape index (κ3) is 4.50. The molecule has 1 heterocycles. The fraction of sp³-hybridized carbons (Fsp3) is 0.0476. The number of hydrogen-bond acceptors (Lipinski definition) is 5. The Morgan fingerprint density at radius 3 is 2.79 bits per heavy atom. The van der Waals surface area contributed by atoms with Crippen molar-refractivity contribution in [2.75, 3.05) is 0 Å².